The molecule has 0 aliphatic carbocycles. The van der Waals surface area contributed by atoms with E-state index in [4.69, 9.17) is 11.6 Å². The van der Waals surface area contributed by atoms with E-state index in [2.05, 4.69) is 35.0 Å². The molecule has 2 aromatic carbocycles. The highest BCUT2D eigenvalue weighted by Crippen LogP contribution is 2.15. The Morgan fingerprint density at radius 1 is 0.833 bits per heavy atom. The highest BCUT2D eigenvalue weighted by atomic mass is 35.5. The minimum atomic E-state index is 0.762. The molecule has 0 saturated carbocycles. The first kappa shape index (κ1) is 11.2. The van der Waals surface area contributed by atoms with Crippen molar-refractivity contribution in [2.75, 3.05) is 0 Å². The van der Waals surface area contributed by atoms with Gasteiger partial charge in [-0.15, -0.1) is 0 Å². The van der Waals surface area contributed by atoms with E-state index in [-0.39, 0.29) is 0 Å². The molecule has 0 unspecified atom stereocenters. The summed E-state index contributed by atoms with van der Waals surface area (Å²) in [6.45, 7) is 0.796. The third kappa shape index (κ3) is 2.22. The number of nitrogens with zero attached hydrogens (tertiary/aromatic N) is 1. The van der Waals surface area contributed by atoms with Crippen LogP contribution in [0.1, 0.15) is 5.56 Å². The molecule has 88 valence electrons. The molecule has 3 aromatic rings. The maximum Gasteiger partial charge on any atom is 0.275 e. The van der Waals surface area contributed by atoms with Gasteiger partial charge in [-0.05, 0) is 23.1 Å². The molecule has 0 radical (unpaired) electrons. The largest absolute Gasteiger partial charge is 0.275 e. The van der Waals surface area contributed by atoms with Crippen LogP contribution in [0.4, 0.5) is 0 Å². The van der Waals surface area contributed by atoms with Crippen molar-refractivity contribution >= 4 is 22.4 Å². The van der Waals surface area contributed by atoms with E-state index < -0.39 is 0 Å². The fourth-order valence-corrected chi connectivity index (χ4v) is 2.33. The second-order valence-corrected chi connectivity index (χ2v) is 4.73. The molecular weight excluding hydrogens is 242 g/mol. The van der Waals surface area contributed by atoms with Crippen LogP contribution in [-0.4, -0.2) is 0 Å². The summed E-state index contributed by atoms with van der Waals surface area (Å²) in [5.41, 5.74) is 1.25. The predicted octanol–water partition coefficient (Wildman–Crippen LogP) is 3.83. The molecule has 0 amide bonds. The summed E-state index contributed by atoms with van der Waals surface area (Å²) in [6.07, 6.45) is 2.10. The van der Waals surface area contributed by atoms with Gasteiger partial charge in [0.2, 0.25) is 0 Å². The first-order chi connectivity index (χ1) is 8.83. The fraction of sp³-hybridized carbons (Fsp3) is 0.0625. The molecule has 0 atom stereocenters. The number of halogens is 1. The van der Waals surface area contributed by atoms with Crippen LogP contribution in [0.25, 0.3) is 10.8 Å². The number of fused-ring (bicyclic) bond motifs is 1. The van der Waals surface area contributed by atoms with Gasteiger partial charge in [-0.2, -0.15) is 4.57 Å². The van der Waals surface area contributed by atoms with Crippen LogP contribution in [0, 0.1) is 0 Å². The van der Waals surface area contributed by atoms with Gasteiger partial charge in [-0.25, -0.2) is 0 Å². The Bertz CT molecular complexity index is 677. The number of rotatable bonds is 2. The maximum absolute atomic E-state index is 6.32. The van der Waals surface area contributed by atoms with Crippen LogP contribution < -0.4 is 4.57 Å². The van der Waals surface area contributed by atoms with Crippen molar-refractivity contribution in [3.63, 3.8) is 0 Å². The van der Waals surface area contributed by atoms with Gasteiger partial charge >= 0.3 is 0 Å². The smallest absolute Gasteiger partial charge is 0.184 e. The first-order valence-corrected chi connectivity index (χ1v) is 6.32. The molecule has 3 rings (SSSR count). The van der Waals surface area contributed by atoms with Crippen LogP contribution in [0.2, 0.25) is 5.15 Å². The lowest BCUT2D eigenvalue weighted by atomic mass is 10.1. The zero-order valence-electron chi connectivity index (χ0n) is 9.88. The van der Waals surface area contributed by atoms with Crippen LogP contribution in [0.15, 0.2) is 66.9 Å². The second kappa shape index (κ2) is 4.79. The number of hydrogen-bond acceptors (Lipinski definition) is 0. The van der Waals surface area contributed by atoms with Crippen molar-refractivity contribution in [2.24, 2.45) is 0 Å². The van der Waals surface area contributed by atoms with Crippen LogP contribution in [-0.2, 0) is 6.54 Å². The quantitative estimate of drug-likeness (QED) is 0.483. The lowest BCUT2D eigenvalue weighted by molar-refractivity contribution is -0.684. The summed E-state index contributed by atoms with van der Waals surface area (Å²) in [6, 6.07) is 20.6. The third-order valence-electron chi connectivity index (χ3n) is 3.04. The van der Waals surface area contributed by atoms with Gasteiger partial charge < -0.3 is 0 Å². The number of pyridine rings is 1. The minimum absolute atomic E-state index is 0.762. The Balaban J connectivity index is 2.04. The zero-order chi connectivity index (χ0) is 12.4. The summed E-state index contributed by atoms with van der Waals surface area (Å²) < 4.78 is 2.07. The van der Waals surface area contributed by atoms with Crippen molar-refractivity contribution in [1.82, 2.24) is 0 Å². The molecular formula is C16H13ClN+. The second-order valence-electron chi connectivity index (χ2n) is 4.34. The number of benzene rings is 2. The minimum Gasteiger partial charge on any atom is -0.184 e. The topological polar surface area (TPSA) is 3.88 Å². The van der Waals surface area contributed by atoms with Gasteiger partial charge in [0.1, 0.15) is 0 Å². The van der Waals surface area contributed by atoms with E-state index in [9.17, 15) is 0 Å². The van der Waals surface area contributed by atoms with Crippen LogP contribution in [0.3, 0.4) is 0 Å². The average Bonchev–Trinajstić information content (AvgIpc) is 2.41. The standard InChI is InChI=1S/C16H13ClN/c17-16-10-14-8-4-5-9-15(14)12-18(16)11-13-6-2-1-3-7-13/h1-10,12H,11H2/q+1. The normalized spacial score (nSPS) is 10.7. The number of aromatic nitrogens is 1. The monoisotopic (exact) mass is 254 g/mol. The lowest BCUT2D eigenvalue weighted by Gasteiger charge is -2.02. The van der Waals surface area contributed by atoms with Gasteiger partial charge in [-0.1, -0.05) is 48.5 Å². The first-order valence-electron chi connectivity index (χ1n) is 5.94. The molecule has 2 heteroatoms. The van der Waals surface area contributed by atoms with Gasteiger partial charge in [0.25, 0.3) is 5.15 Å². The van der Waals surface area contributed by atoms with E-state index >= 15 is 0 Å². The Labute approximate surface area is 111 Å². The highest BCUT2D eigenvalue weighted by Gasteiger charge is 2.10. The molecule has 1 nitrogen and oxygen atoms in total. The van der Waals surface area contributed by atoms with Crippen molar-refractivity contribution in [1.29, 1.82) is 0 Å². The Hall–Kier alpha value is -1.86. The van der Waals surface area contributed by atoms with Gasteiger partial charge in [0.05, 0.1) is 0 Å². The zero-order valence-corrected chi connectivity index (χ0v) is 10.6. The SMILES string of the molecule is Clc1cc2ccccc2c[n+]1Cc1ccccc1. The molecule has 0 fully saturated rings. The number of hydrogen-bond donors (Lipinski definition) is 0. The molecule has 0 aliphatic heterocycles. The van der Waals surface area contributed by atoms with Gasteiger partial charge in [0, 0.05) is 17.0 Å². The summed E-state index contributed by atoms with van der Waals surface area (Å²) in [7, 11) is 0. The summed E-state index contributed by atoms with van der Waals surface area (Å²) in [5.74, 6) is 0. The van der Waals surface area contributed by atoms with Crippen molar-refractivity contribution in [2.45, 2.75) is 6.54 Å². The Morgan fingerprint density at radius 2 is 1.50 bits per heavy atom. The van der Waals surface area contributed by atoms with Crippen molar-refractivity contribution in [3.05, 3.63) is 77.6 Å². The Morgan fingerprint density at radius 3 is 2.28 bits per heavy atom. The fourth-order valence-electron chi connectivity index (χ4n) is 2.10. The predicted molar refractivity (Wildman–Crippen MR) is 74.7 cm³/mol. The van der Waals surface area contributed by atoms with Crippen LogP contribution >= 0.6 is 11.6 Å². The van der Waals surface area contributed by atoms with Crippen molar-refractivity contribution in [3.8, 4) is 0 Å². The van der Waals surface area contributed by atoms with Crippen molar-refractivity contribution < 1.29 is 4.57 Å². The van der Waals surface area contributed by atoms with E-state index in [1.54, 1.807) is 0 Å². The molecule has 0 bridgehead atoms. The molecule has 0 N–H and O–H groups in total. The summed E-state index contributed by atoms with van der Waals surface area (Å²) in [5, 5.41) is 3.14. The van der Waals surface area contributed by atoms with E-state index in [1.165, 1.54) is 16.3 Å². The summed E-state index contributed by atoms with van der Waals surface area (Å²) >= 11 is 6.32. The Kier molecular flexibility index (Phi) is 2.99. The molecule has 0 aliphatic rings. The van der Waals surface area contributed by atoms with E-state index in [1.807, 2.05) is 36.4 Å². The molecule has 1 aromatic heterocycles. The highest BCUT2D eigenvalue weighted by molar-refractivity contribution is 6.29. The van der Waals surface area contributed by atoms with E-state index in [0.29, 0.717) is 0 Å². The lowest BCUT2D eigenvalue weighted by Crippen LogP contribution is -2.35. The molecule has 0 saturated heterocycles. The molecule has 1 heterocycles. The third-order valence-corrected chi connectivity index (χ3v) is 3.36. The summed E-state index contributed by atoms with van der Waals surface area (Å²) in [4.78, 5) is 0. The maximum atomic E-state index is 6.32. The molecule has 18 heavy (non-hydrogen) atoms. The van der Waals surface area contributed by atoms with Crippen LogP contribution in [0.5, 0.6) is 0 Å². The van der Waals surface area contributed by atoms with E-state index in [0.717, 1.165) is 11.7 Å². The molecule has 0 spiro atoms. The van der Waals surface area contributed by atoms with Gasteiger partial charge in [-0.3, -0.25) is 0 Å². The average molecular weight is 255 g/mol. The van der Waals surface area contributed by atoms with Gasteiger partial charge in [0.15, 0.2) is 12.7 Å².